The minimum absolute atomic E-state index is 0.214. The highest BCUT2D eigenvalue weighted by atomic mass is 16.5. The molecule has 0 aromatic heterocycles. The molecule has 1 N–H and O–H groups in total. The first-order valence-electron chi connectivity index (χ1n) is 9.54. The molecule has 4 rings (SSSR count). The summed E-state index contributed by atoms with van der Waals surface area (Å²) in [7, 11) is 0. The number of carbonyl (C=O) groups excluding carboxylic acids is 1. The summed E-state index contributed by atoms with van der Waals surface area (Å²) in [6, 6.07) is 13.8. The molecule has 5 heteroatoms. The molecule has 2 aliphatic rings. The maximum atomic E-state index is 12.7. The van der Waals surface area contributed by atoms with Crippen LogP contribution >= 0.6 is 0 Å². The number of nitrogens with zero attached hydrogens (tertiary/aromatic N) is 2. The third-order valence-electron chi connectivity index (χ3n) is 5.46. The molecule has 1 atom stereocenters. The van der Waals surface area contributed by atoms with Gasteiger partial charge < -0.3 is 10.1 Å². The predicted octanol–water partition coefficient (Wildman–Crippen LogP) is 3.90. The van der Waals surface area contributed by atoms with Crippen LogP contribution < -0.4 is 10.1 Å². The zero-order chi connectivity index (χ0) is 18.8. The van der Waals surface area contributed by atoms with Crippen molar-refractivity contribution in [1.82, 2.24) is 4.90 Å². The average molecular weight is 361 g/mol. The highest BCUT2D eigenvalue weighted by Gasteiger charge is 2.31. The monoisotopic (exact) mass is 361 g/mol. The summed E-state index contributed by atoms with van der Waals surface area (Å²) in [5, 5.41) is 12.3. The number of ether oxygens (including phenoxy) is 1. The fourth-order valence-corrected chi connectivity index (χ4v) is 4.16. The van der Waals surface area contributed by atoms with Crippen molar-refractivity contribution in [3.8, 4) is 11.8 Å². The molecule has 1 unspecified atom stereocenters. The third-order valence-corrected chi connectivity index (χ3v) is 5.46. The number of fused-ring (bicyclic) bond motifs is 3. The van der Waals surface area contributed by atoms with Gasteiger partial charge in [-0.05, 0) is 74.2 Å². The molecule has 1 amide bonds. The van der Waals surface area contributed by atoms with Gasteiger partial charge in [0.2, 0.25) is 0 Å². The minimum atomic E-state index is -0.214. The molecule has 0 spiro atoms. The summed E-state index contributed by atoms with van der Waals surface area (Å²) in [5.74, 6) is 0.292. The van der Waals surface area contributed by atoms with Crippen LogP contribution in [0.2, 0.25) is 0 Å². The lowest BCUT2D eigenvalue weighted by atomic mass is 9.92. The van der Waals surface area contributed by atoms with Crippen LogP contribution in [0.1, 0.15) is 52.9 Å². The first-order valence-corrected chi connectivity index (χ1v) is 9.54. The van der Waals surface area contributed by atoms with Gasteiger partial charge in [0.25, 0.3) is 5.91 Å². The van der Waals surface area contributed by atoms with E-state index in [1.807, 2.05) is 13.0 Å². The molecule has 0 bridgehead atoms. The van der Waals surface area contributed by atoms with Crippen LogP contribution in [0, 0.1) is 11.3 Å². The Labute approximate surface area is 159 Å². The Bertz CT molecular complexity index is 916. The van der Waals surface area contributed by atoms with Gasteiger partial charge in [0.15, 0.2) is 0 Å². The topological polar surface area (TPSA) is 65.4 Å². The number of anilines is 1. The molecule has 138 valence electrons. The second-order valence-electron chi connectivity index (χ2n) is 7.07. The van der Waals surface area contributed by atoms with E-state index in [0.717, 1.165) is 18.7 Å². The Morgan fingerprint density at radius 3 is 3.00 bits per heavy atom. The van der Waals surface area contributed by atoms with Crippen molar-refractivity contribution in [2.75, 3.05) is 25.0 Å². The second kappa shape index (κ2) is 7.42. The molecule has 2 aromatic carbocycles. The van der Waals surface area contributed by atoms with Crippen LogP contribution in [0.3, 0.4) is 0 Å². The highest BCUT2D eigenvalue weighted by molar-refractivity contribution is 6.04. The van der Waals surface area contributed by atoms with Crippen LogP contribution in [0.5, 0.6) is 5.75 Å². The molecular weight excluding hydrogens is 338 g/mol. The Hall–Kier alpha value is -2.84. The van der Waals surface area contributed by atoms with Gasteiger partial charge in [-0.1, -0.05) is 6.07 Å². The average Bonchev–Trinajstić information content (AvgIpc) is 3.18. The van der Waals surface area contributed by atoms with E-state index < -0.39 is 0 Å². The van der Waals surface area contributed by atoms with Gasteiger partial charge in [0, 0.05) is 23.8 Å². The first kappa shape index (κ1) is 17.6. The standard InChI is InChI=1S/C22H23N3O2/c1-2-27-21-8-6-16(12-17(21)14-23)22(26)24-18-7-5-15-9-11-25-10-3-4-20(25)19(15)13-18/h5-8,12-13,20H,2-4,9-11H2,1H3,(H,24,26). The van der Waals surface area contributed by atoms with Gasteiger partial charge in [0.05, 0.1) is 12.2 Å². The number of hydrogen-bond acceptors (Lipinski definition) is 4. The number of nitriles is 1. The molecule has 0 radical (unpaired) electrons. The lowest BCUT2D eigenvalue weighted by molar-refractivity contribution is 0.102. The van der Waals surface area contributed by atoms with E-state index >= 15 is 0 Å². The van der Waals surface area contributed by atoms with Crippen LogP contribution in [0.4, 0.5) is 5.69 Å². The van der Waals surface area contributed by atoms with Gasteiger partial charge in [0.1, 0.15) is 11.8 Å². The molecule has 2 heterocycles. The van der Waals surface area contributed by atoms with Crippen molar-refractivity contribution in [2.45, 2.75) is 32.2 Å². The Balaban J connectivity index is 1.55. The van der Waals surface area contributed by atoms with Gasteiger partial charge in [-0.15, -0.1) is 0 Å². The van der Waals surface area contributed by atoms with Crippen molar-refractivity contribution < 1.29 is 9.53 Å². The number of benzene rings is 2. The van der Waals surface area contributed by atoms with Crippen LogP contribution in [-0.4, -0.2) is 30.5 Å². The molecular formula is C22H23N3O2. The number of rotatable bonds is 4. The van der Waals surface area contributed by atoms with Crippen molar-refractivity contribution in [3.63, 3.8) is 0 Å². The zero-order valence-corrected chi connectivity index (χ0v) is 15.5. The normalized spacial score (nSPS) is 18.3. The van der Waals surface area contributed by atoms with E-state index in [9.17, 15) is 10.1 Å². The molecule has 2 aromatic rings. The molecule has 1 saturated heterocycles. The molecule has 0 aliphatic carbocycles. The smallest absolute Gasteiger partial charge is 0.255 e. The van der Waals surface area contributed by atoms with E-state index in [1.165, 1.54) is 30.5 Å². The summed E-state index contributed by atoms with van der Waals surface area (Å²) in [6.07, 6.45) is 3.50. The largest absolute Gasteiger partial charge is 0.492 e. The van der Waals surface area contributed by atoms with Crippen molar-refractivity contribution >= 4 is 11.6 Å². The summed E-state index contributed by atoms with van der Waals surface area (Å²) < 4.78 is 5.42. The number of amides is 1. The van der Waals surface area contributed by atoms with E-state index in [2.05, 4.69) is 28.4 Å². The summed E-state index contributed by atoms with van der Waals surface area (Å²) in [6.45, 7) is 4.65. The fourth-order valence-electron chi connectivity index (χ4n) is 4.16. The van der Waals surface area contributed by atoms with Gasteiger partial charge in [-0.2, -0.15) is 5.26 Å². The summed E-state index contributed by atoms with van der Waals surface area (Å²) >= 11 is 0. The van der Waals surface area contributed by atoms with Crippen molar-refractivity contribution in [2.24, 2.45) is 0 Å². The molecule has 1 fully saturated rings. The number of nitrogens with one attached hydrogen (secondary N) is 1. The maximum Gasteiger partial charge on any atom is 0.255 e. The van der Waals surface area contributed by atoms with Gasteiger partial charge in [-0.25, -0.2) is 0 Å². The van der Waals surface area contributed by atoms with Crippen molar-refractivity contribution in [3.05, 3.63) is 58.7 Å². The lowest BCUT2D eigenvalue weighted by Crippen LogP contribution is -2.31. The SMILES string of the molecule is CCOc1ccc(C(=O)Nc2ccc3c(c2)C2CCCN2CC3)cc1C#N. The van der Waals surface area contributed by atoms with Crippen LogP contribution in [0.25, 0.3) is 0 Å². The number of carbonyl (C=O) groups is 1. The first-order chi connectivity index (χ1) is 13.2. The Morgan fingerprint density at radius 2 is 2.19 bits per heavy atom. The maximum absolute atomic E-state index is 12.7. The second-order valence-corrected chi connectivity index (χ2v) is 7.07. The lowest BCUT2D eigenvalue weighted by Gasteiger charge is -2.32. The molecule has 0 saturated carbocycles. The van der Waals surface area contributed by atoms with Gasteiger partial charge >= 0.3 is 0 Å². The van der Waals surface area contributed by atoms with E-state index in [1.54, 1.807) is 18.2 Å². The molecule has 27 heavy (non-hydrogen) atoms. The highest BCUT2D eigenvalue weighted by Crippen LogP contribution is 2.38. The van der Waals surface area contributed by atoms with E-state index in [-0.39, 0.29) is 5.91 Å². The predicted molar refractivity (Wildman–Crippen MR) is 104 cm³/mol. The summed E-state index contributed by atoms with van der Waals surface area (Å²) in [4.78, 5) is 15.2. The quantitative estimate of drug-likeness (QED) is 0.897. The number of hydrogen-bond donors (Lipinski definition) is 1. The van der Waals surface area contributed by atoms with Crippen LogP contribution in [-0.2, 0) is 6.42 Å². The van der Waals surface area contributed by atoms with Crippen LogP contribution in [0.15, 0.2) is 36.4 Å². The third kappa shape index (κ3) is 3.41. The molecule has 2 aliphatic heterocycles. The summed E-state index contributed by atoms with van der Waals surface area (Å²) in [5.41, 5.74) is 4.37. The Morgan fingerprint density at radius 1 is 1.30 bits per heavy atom. The van der Waals surface area contributed by atoms with Crippen molar-refractivity contribution in [1.29, 1.82) is 5.26 Å². The Kier molecular flexibility index (Phi) is 4.83. The van der Waals surface area contributed by atoms with E-state index in [0.29, 0.717) is 29.5 Å². The fraction of sp³-hybridized carbons (Fsp3) is 0.364. The van der Waals surface area contributed by atoms with E-state index in [4.69, 9.17) is 4.74 Å². The van der Waals surface area contributed by atoms with Gasteiger partial charge in [-0.3, -0.25) is 9.69 Å². The molecule has 5 nitrogen and oxygen atoms in total. The minimum Gasteiger partial charge on any atom is -0.492 e. The zero-order valence-electron chi connectivity index (χ0n) is 15.5.